The molecule has 10 heteroatoms. The normalized spacial score (nSPS) is 24.1. The molecule has 0 amide bonds. The molecule has 5 rings (SSSR count). The second kappa shape index (κ2) is 10.0. The average Bonchev–Trinajstić information content (AvgIpc) is 3.28. The van der Waals surface area contributed by atoms with Crippen LogP contribution in [0.4, 0.5) is 22.0 Å². The molecule has 0 radical (unpaired) electrons. The first-order chi connectivity index (χ1) is 18.8. The maximum absolute atomic E-state index is 14.9. The highest BCUT2D eigenvalue weighted by Gasteiger charge is 2.61. The molecule has 0 bridgehead atoms. The number of ketones is 1. The van der Waals surface area contributed by atoms with Crippen LogP contribution in [0.3, 0.4) is 0 Å². The van der Waals surface area contributed by atoms with E-state index >= 15 is 0 Å². The zero-order valence-electron chi connectivity index (χ0n) is 21.7. The number of aryl methyl sites for hydroxylation is 1. The fourth-order valence-electron chi connectivity index (χ4n) is 6.59. The van der Waals surface area contributed by atoms with Gasteiger partial charge >= 0.3 is 6.18 Å². The highest BCUT2D eigenvalue weighted by molar-refractivity contribution is 7.92. The summed E-state index contributed by atoms with van der Waals surface area (Å²) in [5, 5.41) is 0. The van der Waals surface area contributed by atoms with Crippen LogP contribution < -0.4 is 0 Å². The monoisotopic (exact) mass is 577 g/mol. The molecule has 1 aromatic heterocycles. The first kappa shape index (κ1) is 28.4. The van der Waals surface area contributed by atoms with Gasteiger partial charge in [-0.2, -0.15) is 13.2 Å². The molecule has 1 unspecified atom stereocenters. The van der Waals surface area contributed by atoms with E-state index in [9.17, 15) is 35.2 Å². The Morgan fingerprint density at radius 3 is 2.33 bits per heavy atom. The van der Waals surface area contributed by atoms with Crippen LogP contribution in [-0.2, 0) is 37.9 Å². The van der Waals surface area contributed by atoms with E-state index in [0.717, 1.165) is 29.8 Å². The molecule has 0 N–H and O–H groups in total. The molecule has 4 atom stereocenters. The van der Waals surface area contributed by atoms with Crippen LogP contribution in [-0.4, -0.2) is 25.4 Å². The third-order valence-corrected chi connectivity index (χ3v) is 11.2. The van der Waals surface area contributed by atoms with Crippen molar-refractivity contribution in [1.29, 1.82) is 0 Å². The predicted molar refractivity (Wildman–Crippen MR) is 138 cm³/mol. The number of pyridine rings is 1. The SMILES string of the molecule is CC(F)(c1ccc2c(c1)CC[C@H]1[C@@H](CC(=O)Cc3ccncc3)CC[C@@]21S(=O)(=O)c1ccc(F)cc1)C(F)(F)F. The first-order valence-electron chi connectivity index (χ1n) is 13.1. The molecule has 3 aromatic rings. The first-order valence-corrected chi connectivity index (χ1v) is 14.6. The minimum atomic E-state index is -5.15. The van der Waals surface area contributed by atoms with E-state index in [0.29, 0.717) is 30.9 Å². The molecule has 0 aliphatic heterocycles. The van der Waals surface area contributed by atoms with Crippen LogP contribution in [0.25, 0.3) is 0 Å². The van der Waals surface area contributed by atoms with E-state index in [-0.39, 0.29) is 42.3 Å². The van der Waals surface area contributed by atoms with Gasteiger partial charge in [0.15, 0.2) is 9.84 Å². The van der Waals surface area contributed by atoms with Crippen LogP contribution in [0, 0.1) is 17.7 Å². The molecule has 1 heterocycles. The number of sulfone groups is 1. The maximum atomic E-state index is 14.9. The van der Waals surface area contributed by atoms with Crippen LogP contribution in [0.5, 0.6) is 0 Å². The van der Waals surface area contributed by atoms with E-state index in [4.69, 9.17) is 0 Å². The number of carbonyl (C=O) groups excluding carboxylic acids is 1. The molecule has 4 nitrogen and oxygen atoms in total. The van der Waals surface area contributed by atoms with Gasteiger partial charge in [0.25, 0.3) is 0 Å². The largest absolute Gasteiger partial charge is 0.426 e. The predicted octanol–water partition coefficient (Wildman–Crippen LogP) is 6.81. The van der Waals surface area contributed by atoms with Crippen molar-refractivity contribution in [2.75, 3.05) is 0 Å². The summed E-state index contributed by atoms with van der Waals surface area (Å²) in [5.41, 5.74) is -2.73. The van der Waals surface area contributed by atoms with Crippen molar-refractivity contribution < 1.29 is 35.2 Å². The maximum Gasteiger partial charge on any atom is 0.426 e. The summed E-state index contributed by atoms with van der Waals surface area (Å²) < 4.78 is 96.2. The zero-order chi connectivity index (χ0) is 28.9. The van der Waals surface area contributed by atoms with Crippen molar-refractivity contribution in [2.24, 2.45) is 11.8 Å². The van der Waals surface area contributed by atoms with Crippen molar-refractivity contribution in [3.8, 4) is 0 Å². The molecule has 0 saturated heterocycles. The van der Waals surface area contributed by atoms with Crippen LogP contribution in [0.2, 0.25) is 0 Å². The molecule has 40 heavy (non-hydrogen) atoms. The van der Waals surface area contributed by atoms with E-state index < -0.39 is 43.7 Å². The van der Waals surface area contributed by atoms with Crippen molar-refractivity contribution >= 4 is 15.6 Å². The number of Topliss-reactive ketones (excluding diaryl/α,β-unsaturated/α-hetero) is 1. The molecule has 2 aromatic carbocycles. The fraction of sp³-hybridized carbons (Fsp3) is 0.400. The van der Waals surface area contributed by atoms with Gasteiger partial charge in [0.2, 0.25) is 5.67 Å². The summed E-state index contributed by atoms with van der Waals surface area (Å²) in [7, 11) is -4.20. The van der Waals surface area contributed by atoms with E-state index in [1.165, 1.54) is 18.2 Å². The Morgan fingerprint density at radius 1 is 1.00 bits per heavy atom. The van der Waals surface area contributed by atoms with Crippen molar-refractivity contribution in [1.82, 2.24) is 4.98 Å². The van der Waals surface area contributed by atoms with Gasteiger partial charge in [-0.05, 0) is 103 Å². The van der Waals surface area contributed by atoms with Gasteiger partial charge < -0.3 is 0 Å². The Bertz CT molecular complexity index is 1520. The lowest BCUT2D eigenvalue weighted by Gasteiger charge is -2.43. The Kier molecular flexibility index (Phi) is 7.13. The zero-order valence-corrected chi connectivity index (χ0v) is 22.5. The van der Waals surface area contributed by atoms with Crippen molar-refractivity contribution in [2.45, 2.75) is 66.9 Å². The summed E-state index contributed by atoms with van der Waals surface area (Å²) in [6, 6.07) is 11.4. The molecule has 1 saturated carbocycles. The molecular formula is C30H28F5NO3S. The number of hydrogen-bond donors (Lipinski definition) is 0. The standard InChI is InChI=1S/C30H28F5NO3S/c1-28(32,30(33,34)35)22-3-9-27-20(17-22)2-8-26-21(18-24(37)16-19-11-14-36-15-12-19)10-13-29(26,27)40(38,39)25-6-4-23(31)5-7-25/h3-7,9,11-12,14-15,17,21,26H,2,8,10,13,16,18H2,1H3/t21-,26+,28?,29+/m1/s1. The highest BCUT2D eigenvalue weighted by Crippen LogP contribution is 2.60. The van der Waals surface area contributed by atoms with Crippen molar-refractivity contribution in [3.05, 3.63) is 95.1 Å². The number of rotatable bonds is 7. The third-order valence-electron chi connectivity index (χ3n) is 8.66. The molecule has 0 spiro atoms. The van der Waals surface area contributed by atoms with E-state index in [2.05, 4.69) is 4.98 Å². The Labute approximate surface area is 229 Å². The molecule has 2 aliphatic rings. The summed E-state index contributed by atoms with van der Waals surface area (Å²) in [6.45, 7) is 0.450. The minimum Gasteiger partial charge on any atom is -0.299 e. The lowest BCUT2D eigenvalue weighted by molar-refractivity contribution is -0.228. The Morgan fingerprint density at radius 2 is 1.68 bits per heavy atom. The number of benzene rings is 2. The van der Waals surface area contributed by atoms with Crippen molar-refractivity contribution in [3.63, 3.8) is 0 Å². The van der Waals surface area contributed by atoms with Gasteiger partial charge in [-0.25, -0.2) is 17.2 Å². The van der Waals surface area contributed by atoms with Gasteiger partial charge in [0.05, 0.1) is 4.90 Å². The van der Waals surface area contributed by atoms with Gasteiger partial charge in [0.1, 0.15) is 16.3 Å². The number of alkyl halides is 4. The lowest BCUT2D eigenvalue weighted by Crippen LogP contribution is -2.45. The second-order valence-electron chi connectivity index (χ2n) is 10.9. The minimum absolute atomic E-state index is 0.0503. The quantitative estimate of drug-likeness (QED) is 0.229. The summed E-state index contributed by atoms with van der Waals surface area (Å²) in [4.78, 5) is 16.9. The van der Waals surface area contributed by atoms with Gasteiger partial charge in [-0.3, -0.25) is 9.78 Å². The van der Waals surface area contributed by atoms with Gasteiger partial charge in [-0.1, -0.05) is 18.2 Å². The number of carbonyl (C=O) groups is 1. The number of fused-ring (bicyclic) bond motifs is 3. The summed E-state index contributed by atoms with van der Waals surface area (Å²) in [5.74, 6) is -1.44. The number of halogens is 5. The van der Waals surface area contributed by atoms with Crippen LogP contribution in [0.15, 0.2) is 71.9 Å². The number of aromatic nitrogens is 1. The molecular weight excluding hydrogens is 549 g/mol. The average molecular weight is 578 g/mol. The summed E-state index contributed by atoms with van der Waals surface area (Å²) in [6.07, 6.45) is -0.535. The highest BCUT2D eigenvalue weighted by atomic mass is 32.2. The molecule has 1 fully saturated rings. The Hall–Kier alpha value is -3.14. The third kappa shape index (κ3) is 4.63. The van der Waals surface area contributed by atoms with Crippen LogP contribution in [0.1, 0.15) is 54.9 Å². The molecule has 2 aliphatic carbocycles. The van der Waals surface area contributed by atoms with Gasteiger partial charge in [0, 0.05) is 25.2 Å². The number of nitrogens with zero attached hydrogens (tertiary/aromatic N) is 1. The molecule has 212 valence electrons. The summed E-state index contributed by atoms with van der Waals surface area (Å²) >= 11 is 0. The number of hydrogen-bond acceptors (Lipinski definition) is 4. The Balaban J connectivity index is 1.58. The second-order valence-corrected chi connectivity index (χ2v) is 13.1. The topological polar surface area (TPSA) is 64.1 Å². The van der Waals surface area contributed by atoms with E-state index in [1.54, 1.807) is 24.5 Å². The van der Waals surface area contributed by atoms with Crippen LogP contribution >= 0.6 is 0 Å². The van der Waals surface area contributed by atoms with E-state index in [1.807, 2.05) is 0 Å². The fourth-order valence-corrected chi connectivity index (χ4v) is 9.09. The smallest absolute Gasteiger partial charge is 0.299 e. The lowest BCUT2D eigenvalue weighted by atomic mass is 9.72. The van der Waals surface area contributed by atoms with Gasteiger partial charge in [-0.15, -0.1) is 0 Å².